The fraction of sp³-hybridized carbons (Fsp3) is 0.558. The second-order valence-corrected chi connectivity index (χ2v) is 38.0. The molecule has 4 unspecified atom stereocenters. The average Bonchev–Trinajstić information content (AvgIpc) is 1.66. The lowest BCUT2D eigenvalue weighted by Crippen LogP contribution is -2.42. The molecule has 3 aliphatic heterocycles. The Labute approximate surface area is 671 Å². The van der Waals surface area contributed by atoms with E-state index in [1.54, 1.807) is 91.7 Å². The normalized spacial score (nSPS) is 17.7. The summed E-state index contributed by atoms with van der Waals surface area (Å²) in [5.41, 5.74) is 4.50. The van der Waals surface area contributed by atoms with Crippen molar-refractivity contribution in [1.29, 1.82) is 0 Å². The van der Waals surface area contributed by atoms with E-state index in [-0.39, 0.29) is 49.2 Å². The third-order valence-corrected chi connectivity index (χ3v) is 22.5. The number of halogens is 5. The monoisotopic (exact) mass is 1650 g/mol. The average molecular weight is 1650 g/mol. The van der Waals surface area contributed by atoms with Gasteiger partial charge in [0.25, 0.3) is 0 Å². The second kappa shape index (κ2) is 39.7. The van der Waals surface area contributed by atoms with Crippen molar-refractivity contribution in [3.8, 4) is 0 Å². The number of carboxylic acid groups (broad SMARTS) is 1. The number of fused-ring (bicyclic) bond motifs is 3. The number of hydrogen-bond donors (Lipinski definition) is 3. The van der Waals surface area contributed by atoms with Gasteiger partial charge in [0.2, 0.25) is 5.88 Å². The molecule has 7 aromatic rings. The molecule has 3 aromatic heterocycles. The molecule has 0 aliphatic carbocycles. The summed E-state index contributed by atoms with van der Waals surface area (Å²) in [4.78, 5) is 61.2. The van der Waals surface area contributed by atoms with Crippen LogP contribution < -0.4 is 11.2 Å². The minimum atomic E-state index is -5.84. The molecule has 3 N–H and O–H groups in total. The number of anilines is 1. The number of amides is 2. The molecule has 0 bridgehead atoms. The van der Waals surface area contributed by atoms with Gasteiger partial charge in [0.15, 0.2) is 0 Å². The van der Waals surface area contributed by atoms with E-state index < -0.39 is 44.8 Å². The van der Waals surface area contributed by atoms with Gasteiger partial charge in [-0.05, 0) is 222 Å². The number of nitrogens with two attached hydrogens (primary N) is 1. The Morgan fingerprint density at radius 2 is 1.03 bits per heavy atom. The largest absolute Gasteiger partial charge is 0.534 e. The molecule has 1 saturated heterocycles. The fourth-order valence-corrected chi connectivity index (χ4v) is 15.0. The number of allylic oxidation sites excluding steroid dienone is 2. The lowest BCUT2D eigenvalue weighted by molar-refractivity contribution is -0.141. The van der Waals surface area contributed by atoms with E-state index in [2.05, 4.69) is 177 Å². The number of carbonyl (C=O) groups excluding carboxylic acids is 2. The zero-order valence-electron chi connectivity index (χ0n) is 67.4. The lowest BCUT2D eigenvalue weighted by Gasteiger charge is -2.33. The number of carboxylic acids is 1. The number of nitrogens with zero attached hydrogens (tertiary/aromatic N) is 9. The SMILES string of the molecule is CC(CN(C)C)C(=O)O.CC(CN(C)C)c1nc2cc(B3OC(C)(C)C(C)(C)O3)ccc2s1.CC(CN(C)C)c1nc2cc(C3=CC[C@H](C)CN3C(=O)OC(C)(C)C)ccc2s1.CC(CN(C)C)c1nc2cc(Cl)ccc2s1.C[C@H]1CC=C(OS(=O)(=O)C(F)(F)F)N(C(=O)OC(C)(C)C)C1.Nc1cc(Cl)ccc1S. The summed E-state index contributed by atoms with van der Waals surface area (Å²) in [6.45, 7) is 35.3. The number of likely N-dealkylation sites (N-methyl/N-ethyl adjacent to an activating group) is 3. The van der Waals surface area contributed by atoms with Crippen molar-refractivity contribution < 1.29 is 64.0 Å². The first-order valence-electron chi connectivity index (χ1n) is 35.9. The predicted octanol–water partition coefficient (Wildman–Crippen LogP) is 17.9. The van der Waals surface area contributed by atoms with Crippen LogP contribution in [0.2, 0.25) is 10.0 Å². The highest BCUT2D eigenvalue weighted by atomic mass is 35.5. The van der Waals surface area contributed by atoms with Gasteiger partial charge in [0.1, 0.15) is 11.2 Å². The molecular weight excluding hydrogens is 1540 g/mol. The number of aromatic nitrogens is 3. The van der Waals surface area contributed by atoms with Crippen molar-refractivity contribution in [3.05, 3.63) is 121 Å². The van der Waals surface area contributed by atoms with Crippen molar-refractivity contribution in [3.63, 3.8) is 0 Å². The molecule has 0 radical (unpaired) electrons. The van der Waals surface area contributed by atoms with Crippen molar-refractivity contribution in [2.75, 3.05) is 101 Å². The Morgan fingerprint density at radius 1 is 0.633 bits per heavy atom. The molecule has 0 spiro atoms. The first-order valence-corrected chi connectivity index (χ1v) is 40.9. The van der Waals surface area contributed by atoms with Crippen LogP contribution in [0.3, 0.4) is 0 Å². The minimum absolute atomic E-state index is 0.00583. The first kappa shape index (κ1) is 93.7. The van der Waals surface area contributed by atoms with Gasteiger partial charge in [-0.3, -0.25) is 9.69 Å². The maximum absolute atomic E-state index is 12.8. The molecule has 6 atom stereocenters. The lowest BCUT2D eigenvalue weighted by atomic mass is 9.79. The highest BCUT2D eigenvalue weighted by Gasteiger charge is 2.52. The van der Waals surface area contributed by atoms with Crippen LogP contribution in [-0.4, -0.2) is 207 Å². The quantitative estimate of drug-likeness (QED) is 0.0268. The molecule has 0 saturated carbocycles. The van der Waals surface area contributed by atoms with Crippen LogP contribution in [0.4, 0.5) is 28.4 Å². The van der Waals surface area contributed by atoms with E-state index in [1.165, 1.54) is 24.1 Å². The maximum atomic E-state index is 12.8. The predicted molar refractivity (Wildman–Crippen MR) is 445 cm³/mol. The molecule has 3 aliphatic rings. The molecule has 6 heterocycles. The van der Waals surface area contributed by atoms with Gasteiger partial charge in [0, 0.05) is 83.2 Å². The second-order valence-electron chi connectivity index (χ2n) is 31.9. The minimum Gasteiger partial charge on any atom is -0.481 e. The number of aliphatic carboxylic acids is 1. The third-order valence-electron chi connectivity index (χ3n) is 16.9. The zero-order valence-corrected chi connectivity index (χ0v) is 73.1. The van der Waals surface area contributed by atoms with Gasteiger partial charge in [-0.15, -0.1) is 46.6 Å². The first-order chi connectivity index (χ1) is 50.1. The van der Waals surface area contributed by atoms with Crippen LogP contribution in [-0.2, 0) is 37.9 Å². The number of benzene rings is 4. The highest BCUT2D eigenvalue weighted by molar-refractivity contribution is 7.87. The molecule has 2 amide bonds. The van der Waals surface area contributed by atoms with Crippen LogP contribution in [0.15, 0.2) is 95.7 Å². The summed E-state index contributed by atoms with van der Waals surface area (Å²) in [7, 11) is 10.1. The van der Waals surface area contributed by atoms with E-state index in [4.69, 9.17) is 62.8 Å². The summed E-state index contributed by atoms with van der Waals surface area (Å²) >= 11 is 20.9. The number of thiol groups is 1. The number of carbonyl (C=O) groups is 3. The van der Waals surface area contributed by atoms with Crippen LogP contribution in [0.5, 0.6) is 0 Å². The summed E-state index contributed by atoms with van der Waals surface area (Å²) in [5.74, 6) is -0.0719. The Balaban J connectivity index is 0.000000245. The van der Waals surface area contributed by atoms with Gasteiger partial charge < -0.3 is 53.4 Å². The highest BCUT2D eigenvalue weighted by Crippen LogP contribution is 2.39. The van der Waals surface area contributed by atoms with E-state index in [0.29, 0.717) is 47.5 Å². The Morgan fingerprint density at radius 3 is 1.44 bits per heavy atom. The van der Waals surface area contributed by atoms with Gasteiger partial charge in [-0.2, -0.15) is 21.6 Å². The number of thiazole rings is 3. The number of nitrogen functional groups attached to an aromatic ring is 1. The van der Waals surface area contributed by atoms with E-state index in [0.717, 1.165) is 85.2 Å². The molecule has 604 valence electrons. The van der Waals surface area contributed by atoms with Crippen molar-refractivity contribution in [2.45, 2.75) is 174 Å². The van der Waals surface area contributed by atoms with Crippen LogP contribution in [0.25, 0.3) is 36.3 Å². The summed E-state index contributed by atoms with van der Waals surface area (Å²) in [6.07, 6.45) is 3.26. The fourth-order valence-electron chi connectivity index (χ4n) is 11.1. The van der Waals surface area contributed by atoms with Crippen LogP contribution >= 0.6 is 69.8 Å². The smallest absolute Gasteiger partial charge is 0.481 e. The number of alkyl halides is 3. The zero-order chi connectivity index (χ0) is 82.4. The molecular formula is C77H112BCl2F3N10O11S5. The van der Waals surface area contributed by atoms with Gasteiger partial charge >= 0.3 is 40.9 Å². The summed E-state index contributed by atoms with van der Waals surface area (Å²) in [5, 5.41) is 13.3. The molecule has 1 fully saturated rings. The van der Waals surface area contributed by atoms with Gasteiger partial charge in [-0.25, -0.2) is 29.4 Å². The molecule has 10 rings (SSSR count). The van der Waals surface area contributed by atoms with E-state index in [9.17, 15) is 36.0 Å². The van der Waals surface area contributed by atoms with Crippen LogP contribution in [0.1, 0.15) is 162 Å². The molecule has 21 nitrogen and oxygen atoms in total. The topological polar surface area (TPSA) is 236 Å². The van der Waals surface area contributed by atoms with E-state index in [1.807, 2.05) is 58.0 Å². The molecule has 4 aromatic carbocycles. The number of hydrogen-bond acceptors (Lipinski definition) is 22. The third kappa shape index (κ3) is 29.2. The summed E-state index contributed by atoms with van der Waals surface area (Å²) in [6, 6.07) is 23.8. The number of ether oxygens (including phenoxy) is 2. The standard InChI is InChI=1S/C23H33N3O2S.C18H27BN2O2S.C12H15ClN2S.C12H18F3NO5S.C6H6ClNS.C6H13NO2/c1-15-8-10-19(26(13-15)22(27)28-23(3,4)5)17-9-11-20-18(12-17)24-21(29-20)16(2)14-25(6)7;1-12(11-21(6)7)16-20-14-10-13(8-9-15(14)24-16)19-22-17(2,3)18(4,5)23-19;1-8(7-15(2)3)12-14-10-6-9(13)4-5-11(10)16-12;1-8-5-6-9(21-22(18,19)12(13,14)15)16(7-8)10(17)20-11(2,3)4;7-4-1-2-6(9)5(8)3-4;1-5(6(8)9)4-7(2)3/h9-12,15-16H,8,13-14H2,1-7H3;8-10,12H,11H2,1-7H3;4-6,8H,7H2,1-3H3;6,8H,5,7H2,1-4H3;1-3,9H,8H2;5H,4H2,1-3H3,(H,8,9)/t15-,16?;;;8-;;/m0..0../s1. The van der Waals surface area contributed by atoms with Crippen LogP contribution in [0, 0.1) is 17.8 Å². The summed E-state index contributed by atoms with van der Waals surface area (Å²) < 4.78 is 90.0. The van der Waals surface area contributed by atoms with E-state index >= 15 is 0 Å². The molecule has 32 heteroatoms. The Kier molecular flexibility index (Phi) is 34.2. The van der Waals surface area contributed by atoms with Crippen molar-refractivity contribution in [2.24, 2.45) is 17.8 Å². The van der Waals surface area contributed by atoms with Crippen molar-refractivity contribution in [1.82, 2.24) is 44.4 Å². The van der Waals surface area contributed by atoms with Crippen molar-refractivity contribution >= 4 is 153 Å². The molecule has 109 heavy (non-hydrogen) atoms. The van der Waals surface area contributed by atoms with Gasteiger partial charge in [0.05, 0.1) is 68.5 Å². The maximum Gasteiger partial charge on any atom is 0.534 e. The van der Waals surface area contributed by atoms with Gasteiger partial charge in [-0.1, -0.05) is 83.0 Å². The Bertz CT molecular complexity index is 4350. The Hall–Kier alpha value is -5.87. The number of rotatable bonds is 16.